The van der Waals surface area contributed by atoms with Crippen LogP contribution in [0.4, 0.5) is 11.5 Å². The van der Waals surface area contributed by atoms with Gasteiger partial charge in [0.1, 0.15) is 21.3 Å². The summed E-state index contributed by atoms with van der Waals surface area (Å²) in [4.78, 5) is 20.1. The van der Waals surface area contributed by atoms with Crippen LogP contribution in [0.3, 0.4) is 0 Å². The SMILES string of the molecule is C.CCCc1cc(N2CCC(NCc3ccccc3O)CC2)nc2sc(C(N)=O)c(N)c12. The predicted molar refractivity (Wildman–Crippen MR) is 133 cm³/mol. The molecule has 0 bridgehead atoms. The number of nitrogens with one attached hydrogen (secondary N) is 1. The third-order valence-corrected chi connectivity index (χ3v) is 7.02. The van der Waals surface area contributed by atoms with Gasteiger partial charge in [0.25, 0.3) is 5.91 Å². The maximum Gasteiger partial charge on any atom is 0.260 e. The topological polar surface area (TPSA) is 117 Å². The number of carbonyl (C=O) groups is 1. The molecule has 1 fully saturated rings. The van der Waals surface area contributed by atoms with E-state index in [0.717, 1.165) is 65.9 Å². The van der Waals surface area contributed by atoms with Crippen molar-refractivity contribution in [2.24, 2.45) is 5.73 Å². The minimum Gasteiger partial charge on any atom is -0.508 e. The lowest BCUT2D eigenvalue weighted by molar-refractivity contribution is 0.100. The zero-order chi connectivity index (χ0) is 22.0. The molecule has 1 amide bonds. The molecule has 0 aliphatic carbocycles. The van der Waals surface area contributed by atoms with Crippen LogP contribution in [0.15, 0.2) is 30.3 Å². The summed E-state index contributed by atoms with van der Waals surface area (Å²) in [5.74, 6) is 0.771. The smallest absolute Gasteiger partial charge is 0.260 e. The first-order valence-electron chi connectivity index (χ1n) is 10.7. The first-order chi connectivity index (χ1) is 15.0. The maximum absolute atomic E-state index is 11.8. The first kappa shape index (κ1) is 23.8. The molecule has 7 nitrogen and oxygen atoms in total. The number of phenols is 1. The number of aromatic nitrogens is 1. The zero-order valence-electron chi connectivity index (χ0n) is 17.7. The molecule has 0 unspecified atom stereocenters. The number of benzene rings is 1. The normalized spacial score (nSPS) is 14.5. The van der Waals surface area contributed by atoms with E-state index in [9.17, 15) is 9.90 Å². The Morgan fingerprint density at radius 2 is 2.00 bits per heavy atom. The number of carbonyl (C=O) groups excluding carboxylic acids is 1. The molecule has 2 aromatic heterocycles. The number of aromatic hydroxyl groups is 1. The second-order valence-electron chi connectivity index (χ2n) is 8.05. The van der Waals surface area contributed by atoms with Gasteiger partial charge in [-0.2, -0.15) is 0 Å². The number of para-hydroxylation sites is 1. The second-order valence-corrected chi connectivity index (χ2v) is 9.05. The lowest BCUT2D eigenvalue weighted by Gasteiger charge is -2.33. The van der Waals surface area contributed by atoms with E-state index in [0.29, 0.717) is 28.9 Å². The number of aryl methyl sites for hydroxylation is 1. The summed E-state index contributed by atoms with van der Waals surface area (Å²) >= 11 is 1.28. The Kier molecular flexibility index (Phi) is 7.58. The predicted octanol–water partition coefficient (Wildman–Crippen LogP) is 4.03. The fourth-order valence-electron chi connectivity index (χ4n) is 4.22. The van der Waals surface area contributed by atoms with Gasteiger partial charge in [-0.25, -0.2) is 4.98 Å². The molecule has 4 rings (SSSR count). The Labute approximate surface area is 193 Å². The number of nitrogens with two attached hydrogens (primary N) is 2. The Balaban J connectivity index is 0.00000289. The summed E-state index contributed by atoms with van der Waals surface area (Å²) in [5, 5.41) is 14.4. The van der Waals surface area contributed by atoms with E-state index in [1.54, 1.807) is 6.07 Å². The molecule has 1 aliphatic rings. The van der Waals surface area contributed by atoms with Crippen LogP contribution in [-0.4, -0.2) is 35.1 Å². The molecule has 0 spiro atoms. The van der Waals surface area contributed by atoms with Crippen LogP contribution in [0.1, 0.15) is 54.4 Å². The number of phenolic OH excluding ortho intramolecular Hbond substituents is 1. The minimum atomic E-state index is -0.499. The van der Waals surface area contributed by atoms with E-state index in [1.807, 2.05) is 18.2 Å². The fourth-order valence-corrected chi connectivity index (χ4v) is 5.21. The number of pyridine rings is 1. The average molecular weight is 456 g/mol. The Morgan fingerprint density at radius 3 is 2.66 bits per heavy atom. The van der Waals surface area contributed by atoms with Crippen molar-refractivity contribution in [3.8, 4) is 5.75 Å². The number of amides is 1. The highest BCUT2D eigenvalue weighted by molar-refractivity contribution is 7.21. The average Bonchev–Trinajstić information content (AvgIpc) is 3.11. The molecule has 0 radical (unpaired) electrons. The van der Waals surface area contributed by atoms with Gasteiger partial charge in [0.05, 0.1) is 5.69 Å². The Bertz CT molecular complexity index is 1090. The van der Waals surface area contributed by atoms with Gasteiger partial charge in [-0.3, -0.25) is 4.79 Å². The number of rotatable bonds is 7. The van der Waals surface area contributed by atoms with Gasteiger partial charge in [-0.05, 0) is 37.0 Å². The summed E-state index contributed by atoms with van der Waals surface area (Å²) in [6.07, 6.45) is 3.85. The first-order valence-corrected chi connectivity index (χ1v) is 11.6. The highest BCUT2D eigenvalue weighted by Crippen LogP contribution is 2.37. The number of hydrogen-bond donors (Lipinski definition) is 4. The molecular weight excluding hydrogens is 422 g/mol. The molecule has 3 heterocycles. The van der Waals surface area contributed by atoms with Gasteiger partial charge in [-0.1, -0.05) is 39.0 Å². The van der Waals surface area contributed by atoms with Crippen LogP contribution in [0, 0.1) is 0 Å². The summed E-state index contributed by atoms with van der Waals surface area (Å²) in [5.41, 5.74) is 14.3. The van der Waals surface area contributed by atoms with Crippen LogP contribution in [0.5, 0.6) is 5.75 Å². The van der Waals surface area contributed by atoms with E-state index >= 15 is 0 Å². The van der Waals surface area contributed by atoms with Gasteiger partial charge in [0.2, 0.25) is 0 Å². The number of nitrogens with zero attached hydrogens (tertiary/aromatic N) is 2. The molecule has 172 valence electrons. The van der Waals surface area contributed by atoms with Gasteiger partial charge < -0.3 is 26.8 Å². The van der Waals surface area contributed by atoms with Crippen LogP contribution in [-0.2, 0) is 13.0 Å². The van der Waals surface area contributed by atoms with Crippen molar-refractivity contribution in [2.75, 3.05) is 23.7 Å². The third-order valence-electron chi connectivity index (χ3n) is 5.90. The number of fused-ring (bicyclic) bond motifs is 1. The quantitative estimate of drug-likeness (QED) is 0.427. The number of piperidine rings is 1. The summed E-state index contributed by atoms with van der Waals surface area (Å²) in [6.45, 7) is 4.58. The lowest BCUT2D eigenvalue weighted by atomic mass is 10.0. The standard InChI is InChI=1S/C23H29N5O2S.CH4/c1-2-5-14-12-18(27-23-19(14)20(24)21(31-23)22(25)30)28-10-8-16(9-11-28)26-13-15-6-3-4-7-17(15)29;/h3-4,6-7,12,16,26,29H,2,5,8-11,13,24H2,1H3,(H2,25,30);1H4. The number of hydrogen-bond acceptors (Lipinski definition) is 7. The van der Waals surface area contributed by atoms with E-state index in [2.05, 4.69) is 23.2 Å². The van der Waals surface area contributed by atoms with Crippen molar-refractivity contribution in [1.82, 2.24) is 10.3 Å². The molecule has 0 atom stereocenters. The van der Waals surface area contributed by atoms with E-state index in [4.69, 9.17) is 16.5 Å². The number of primary amides is 1. The van der Waals surface area contributed by atoms with E-state index in [1.165, 1.54) is 11.3 Å². The van der Waals surface area contributed by atoms with E-state index < -0.39 is 5.91 Å². The largest absolute Gasteiger partial charge is 0.508 e. The number of nitrogen functional groups attached to an aromatic ring is 1. The maximum atomic E-state index is 11.8. The lowest BCUT2D eigenvalue weighted by Crippen LogP contribution is -2.42. The van der Waals surface area contributed by atoms with E-state index in [-0.39, 0.29) is 7.43 Å². The van der Waals surface area contributed by atoms with Gasteiger partial charge >= 0.3 is 0 Å². The van der Waals surface area contributed by atoms with Crippen molar-refractivity contribution < 1.29 is 9.90 Å². The van der Waals surface area contributed by atoms with Crippen LogP contribution < -0.4 is 21.7 Å². The van der Waals surface area contributed by atoms with Crippen molar-refractivity contribution in [2.45, 2.75) is 52.6 Å². The summed E-state index contributed by atoms with van der Waals surface area (Å²) < 4.78 is 0. The second kappa shape index (κ2) is 10.2. The van der Waals surface area contributed by atoms with Crippen LogP contribution in [0.2, 0.25) is 0 Å². The van der Waals surface area contributed by atoms with Crippen LogP contribution >= 0.6 is 11.3 Å². The molecule has 1 saturated heterocycles. The van der Waals surface area contributed by atoms with Crippen molar-refractivity contribution in [3.05, 3.63) is 46.3 Å². The van der Waals surface area contributed by atoms with Crippen molar-refractivity contribution in [1.29, 1.82) is 0 Å². The fraction of sp³-hybridized carbons (Fsp3) is 0.417. The molecule has 3 aromatic rings. The molecule has 1 aliphatic heterocycles. The monoisotopic (exact) mass is 455 g/mol. The summed E-state index contributed by atoms with van der Waals surface area (Å²) in [6, 6.07) is 9.95. The summed E-state index contributed by atoms with van der Waals surface area (Å²) in [7, 11) is 0. The van der Waals surface area contributed by atoms with Gasteiger partial charge in [0, 0.05) is 36.6 Å². The zero-order valence-corrected chi connectivity index (χ0v) is 18.5. The van der Waals surface area contributed by atoms with Crippen molar-refractivity contribution >= 4 is 39.0 Å². The number of thiophene rings is 1. The Hall–Kier alpha value is -2.84. The van der Waals surface area contributed by atoms with Crippen molar-refractivity contribution in [3.63, 3.8) is 0 Å². The molecule has 32 heavy (non-hydrogen) atoms. The molecular formula is C24H33N5O2S. The third kappa shape index (κ3) is 4.81. The van der Waals surface area contributed by atoms with Gasteiger partial charge in [-0.15, -0.1) is 11.3 Å². The Morgan fingerprint density at radius 1 is 1.28 bits per heavy atom. The van der Waals surface area contributed by atoms with Crippen LogP contribution in [0.25, 0.3) is 10.2 Å². The molecule has 0 saturated carbocycles. The molecule has 1 aromatic carbocycles. The highest BCUT2D eigenvalue weighted by Gasteiger charge is 2.23. The molecule has 8 heteroatoms. The number of anilines is 2. The minimum absolute atomic E-state index is 0. The molecule has 6 N–H and O–H groups in total. The highest BCUT2D eigenvalue weighted by atomic mass is 32.1. The van der Waals surface area contributed by atoms with Gasteiger partial charge in [0.15, 0.2) is 0 Å².